The van der Waals surface area contributed by atoms with Crippen LogP contribution in [0.4, 0.5) is 0 Å². The Morgan fingerprint density at radius 2 is 1.85 bits per heavy atom. The second-order valence-electron chi connectivity index (χ2n) is 6.19. The average Bonchev–Trinajstić information content (AvgIpc) is 2.60. The Bertz CT molecular complexity index is 807. The highest BCUT2D eigenvalue weighted by Crippen LogP contribution is 2.36. The lowest BCUT2D eigenvalue weighted by Crippen LogP contribution is -2.41. The number of nitrogens with two attached hydrogens (primary N) is 1. The Morgan fingerprint density at radius 1 is 1.19 bits per heavy atom. The van der Waals surface area contributed by atoms with E-state index in [0.717, 1.165) is 5.56 Å². The first-order chi connectivity index (χ1) is 12.2. The molecular formula is C19H21ClN2O4. The van der Waals surface area contributed by atoms with E-state index in [-0.39, 0.29) is 29.0 Å². The van der Waals surface area contributed by atoms with Gasteiger partial charge in [0.15, 0.2) is 18.1 Å². The van der Waals surface area contributed by atoms with Gasteiger partial charge in [-0.05, 0) is 31.5 Å². The number of halogens is 1. The summed E-state index contributed by atoms with van der Waals surface area (Å²) < 4.78 is 10.5. The van der Waals surface area contributed by atoms with E-state index < -0.39 is 11.4 Å². The number of carbonyl (C=O) groups is 2. The van der Waals surface area contributed by atoms with Gasteiger partial charge in [0.25, 0.3) is 11.8 Å². The molecule has 0 unspecified atom stereocenters. The maximum atomic E-state index is 12.7. The van der Waals surface area contributed by atoms with Crippen LogP contribution in [-0.2, 0) is 10.3 Å². The maximum absolute atomic E-state index is 12.7. The summed E-state index contributed by atoms with van der Waals surface area (Å²) in [6.45, 7) is 3.47. The summed E-state index contributed by atoms with van der Waals surface area (Å²) in [4.78, 5) is 23.6. The second-order valence-corrected chi connectivity index (χ2v) is 6.60. The molecule has 2 amide bonds. The van der Waals surface area contributed by atoms with Crippen molar-refractivity contribution in [1.29, 1.82) is 0 Å². The zero-order valence-corrected chi connectivity index (χ0v) is 15.6. The maximum Gasteiger partial charge on any atom is 0.255 e. The summed E-state index contributed by atoms with van der Waals surface area (Å²) in [7, 11) is 1.42. The van der Waals surface area contributed by atoms with Crippen molar-refractivity contribution in [1.82, 2.24) is 5.32 Å². The SMILES string of the molecule is COc1cc(C(=O)NC(C)(C)c2ccccc2)cc(Cl)c1OCC(N)=O. The molecule has 0 aromatic heterocycles. The summed E-state index contributed by atoms with van der Waals surface area (Å²) in [6.07, 6.45) is 0. The third-order valence-corrected chi connectivity index (χ3v) is 4.05. The standard InChI is InChI=1S/C19H21ClN2O4/c1-19(2,13-7-5-4-6-8-13)22-18(24)12-9-14(20)17(15(10-12)25-3)26-11-16(21)23/h4-10H,11H2,1-3H3,(H2,21,23)(H,22,24). The molecule has 0 aliphatic rings. The van der Waals surface area contributed by atoms with Crippen molar-refractivity contribution in [2.75, 3.05) is 13.7 Å². The number of ether oxygens (including phenoxy) is 2. The van der Waals surface area contributed by atoms with Crippen molar-refractivity contribution in [3.8, 4) is 11.5 Å². The van der Waals surface area contributed by atoms with E-state index in [1.165, 1.54) is 19.2 Å². The van der Waals surface area contributed by atoms with E-state index in [9.17, 15) is 9.59 Å². The number of nitrogens with one attached hydrogen (secondary N) is 1. The number of rotatable bonds is 7. The van der Waals surface area contributed by atoms with E-state index >= 15 is 0 Å². The molecule has 0 bridgehead atoms. The van der Waals surface area contributed by atoms with Crippen LogP contribution in [0.5, 0.6) is 11.5 Å². The van der Waals surface area contributed by atoms with Crippen molar-refractivity contribution < 1.29 is 19.1 Å². The molecule has 0 fully saturated rings. The van der Waals surface area contributed by atoms with Crippen LogP contribution >= 0.6 is 11.6 Å². The molecule has 7 heteroatoms. The van der Waals surface area contributed by atoms with Crippen LogP contribution in [-0.4, -0.2) is 25.5 Å². The smallest absolute Gasteiger partial charge is 0.255 e. The summed E-state index contributed by atoms with van der Waals surface area (Å²) in [6, 6.07) is 12.6. The van der Waals surface area contributed by atoms with Gasteiger partial charge in [-0.3, -0.25) is 9.59 Å². The molecule has 0 radical (unpaired) electrons. The molecule has 0 saturated heterocycles. The molecule has 0 aliphatic carbocycles. The number of hydrogen-bond acceptors (Lipinski definition) is 4. The van der Waals surface area contributed by atoms with Gasteiger partial charge in [-0.25, -0.2) is 0 Å². The van der Waals surface area contributed by atoms with Crippen molar-refractivity contribution in [3.63, 3.8) is 0 Å². The molecule has 138 valence electrons. The zero-order chi connectivity index (χ0) is 19.3. The number of carbonyl (C=O) groups excluding carboxylic acids is 2. The normalized spacial score (nSPS) is 10.9. The molecule has 2 aromatic carbocycles. The van der Waals surface area contributed by atoms with Gasteiger partial charge in [0.1, 0.15) is 0 Å². The molecule has 0 heterocycles. The van der Waals surface area contributed by atoms with Crippen LogP contribution in [0.25, 0.3) is 0 Å². The third-order valence-electron chi connectivity index (χ3n) is 3.77. The number of hydrogen-bond donors (Lipinski definition) is 2. The third kappa shape index (κ3) is 4.67. The molecule has 3 N–H and O–H groups in total. The van der Waals surface area contributed by atoms with Gasteiger partial charge in [-0.2, -0.15) is 0 Å². The van der Waals surface area contributed by atoms with Crippen LogP contribution in [0.15, 0.2) is 42.5 Å². The van der Waals surface area contributed by atoms with E-state index in [1.807, 2.05) is 44.2 Å². The first kappa shape index (κ1) is 19.6. The topological polar surface area (TPSA) is 90.7 Å². The lowest BCUT2D eigenvalue weighted by Gasteiger charge is -2.27. The molecular weight excluding hydrogens is 356 g/mol. The van der Waals surface area contributed by atoms with Crippen LogP contribution in [0.1, 0.15) is 29.8 Å². The molecule has 0 atom stereocenters. The molecule has 0 spiro atoms. The van der Waals surface area contributed by atoms with Crippen molar-refractivity contribution >= 4 is 23.4 Å². The summed E-state index contributed by atoms with van der Waals surface area (Å²) in [5.41, 5.74) is 5.76. The Hall–Kier alpha value is -2.73. The van der Waals surface area contributed by atoms with Gasteiger partial charge >= 0.3 is 0 Å². The zero-order valence-electron chi connectivity index (χ0n) is 14.8. The highest BCUT2D eigenvalue weighted by Gasteiger charge is 2.24. The first-order valence-corrected chi connectivity index (χ1v) is 8.29. The van der Waals surface area contributed by atoms with Gasteiger partial charge in [0.05, 0.1) is 17.7 Å². The van der Waals surface area contributed by atoms with Gasteiger partial charge in [-0.15, -0.1) is 0 Å². The monoisotopic (exact) mass is 376 g/mol. The van der Waals surface area contributed by atoms with E-state index in [2.05, 4.69) is 5.32 Å². The molecule has 26 heavy (non-hydrogen) atoms. The Labute approximate surface area is 157 Å². The fourth-order valence-electron chi connectivity index (χ4n) is 2.42. The van der Waals surface area contributed by atoms with E-state index in [4.69, 9.17) is 26.8 Å². The first-order valence-electron chi connectivity index (χ1n) is 7.91. The predicted molar refractivity (Wildman–Crippen MR) is 99.6 cm³/mol. The molecule has 0 saturated carbocycles. The second kappa shape index (κ2) is 8.10. The quantitative estimate of drug-likeness (QED) is 0.777. The molecule has 6 nitrogen and oxygen atoms in total. The Morgan fingerprint density at radius 3 is 2.42 bits per heavy atom. The molecule has 2 aromatic rings. The van der Waals surface area contributed by atoms with Crippen LogP contribution in [0.2, 0.25) is 5.02 Å². The predicted octanol–water partition coefficient (Wildman–Crippen LogP) is 2.88. The fraction of sp³-hybridized carbons (Fsp3) is 0.263. The Balaban J connectivity index is 2.26. The number of benzene rings is 2. The molecule has 2 rings (SSSR count). The van der Waals surface area contributed by atoms with Gasteiger partial charge in [-0.1, -0.05) is 41.9 Å². The largest absolute Gasteiger partial charge is 0.493 e. The highest BCUT2D eigenvalue weighted by atomic mass is 35.5. The van der Waals surface area contributed by atoms with Crippen molar-refractivity contribution in [2.45, 2.75) is 19.4 Å². The van der Waals surface area contributed by atoms with Crippen LogP contribution in [0, 0.1) is 0 Å². The van der Waals surface area contributed by atoms with Gasteiger partial charge < -0.3 is 20.5 Å². The number of amides is 2. The summed E-state index contributed by atoms with van der Waals surface area (Å²) in [5.74, 6) is -0.566. The van der Waals surface area contributed by atoms with Crippen molar-refractivity contribution in [3.05, 3.63) is 58.6 Å². The number of primary amides is 1. The van der Waals surface area contributed by atoms with Crippen molar-refractivity contribution in [2.24, 2.45) is 5.73 Å². The fourth-order valence-corrected chi connectivity index (χ4v) is 2.68. The van der Waals surface area contributed by atoms with Gasteiger partial charge in [0, 0.05) is 5.56 Å². The number of methoxy groups -OCH3 is 1. The van der Waals surface area contributed by atoms with E-state index in [1.54, 1.807) is 0 Å². The summed E-state index contributed by atoms with van der Waals surface area (Å²) in [5, 5.41) is 3.12. The average molecular weight is 377 g/mol. The minimum Gasteiger partial charge on any atom is -0.493 e. The summed E-state index contributed by atoms with van der Waals surface area (Å²) >= 11 is 6.19. The highest BCUT2D eigenvalue weighted by molar-refractivity contribution is 6.32. The lowest BCUT2D eigenvalue weighted by molar-refractivity contribution is -0.119. The minimum absolute atomic E-state index is 0.147. The lowest BCUT2D eigenvalue weighted by atomic mass is 9.94. The minimum atomic E-state index is -0.644. The van der Waals surface area contributed by atoms with E-state index in [0.29, 0.717) is 5.56 Å². The van der Waals surface area contributed by atoms with Gasteiger partial charge in [0.2, 0.25) is 0 Å². The molecule has 0 aliphatic heterocycles. The Kier molecular flexibility index (Phi) is 6.10. The van der Waals surface area contributed by atoms with Crippen LogP contribution in [0.3, 0.4) is 0 Å². The van der Waals surface area contributed by atoms with Crippen LogP contribution < -0.4 is 20.5 Å².